The molecule has 9 nitrogen and oxygen atoms in total. The van der Waals surface area contributed by atoms with E-state index in [0.717, 1.165) is 32.1 Å². The average Bonchev–Trinajstić information content (AvgIpc) is 3.67. The van der Waals surface area contributed by atoms with Gasteiger partial charge in [-0.1, -0.05) is 77.6 Å². The van der Waals surface area contributed by atoms with Gasteiger partial charge in [-0.15, -0.1) is 0 Å². The van der Waals surface area contributed by atoms with Gasteiger partial charge in [0.2, 0.25) is 0 Å². The number of carbonyl (C=O) groups is 3. The van der Waals surface area contributed by atoms with Crippen LogP contribution in [0.3, 0.4) is 0 Å². The Morgan fingerprint density at radius 3 is 1.94 bits per heavy atom. The maximum Gasteiger partial charge on any atom is 0.334 e. The van der Waals surface area contributed by atoms with Crippen molar-refractivity contribution in [1.82, 2.24) is 0 Å². The first kappa shape index (κ1) is 42.4. The topological polar surface area (TPSA) is 140 Å². The quantitative estimate of drug-likeness (QED) is 0.0538. The number of ether oxygens (including phenoxy) is 3. The van der Waals surface area contributed by atoms with Crippen LogP contribution in [0, 0.1) is 0 Å². The zero-order valence-electron chi connectivity index (χ0n) is 30.4. The third-order valence-corrected chi connectivity index (χ3v) is 9.85. The highest BCUT2D eigenvalue weighted by Crippen LogP contribution is 2.29. The summed E-state index contributed by atoms with van der Waals surface area (Å²) in [5.41, 5.74) is 0.632. The van der Waals surface area contributed by atoms with Crippen LogP contribution in [-0.4, -0.2) is 75.8 Å². The predicted molar refractivity (Wildman–Crippen MR) is 187 cm³/mol. The molecule has 2 aliphatic heterocycles. The molecule has 0 aliphatic carbocycles. The lowest BCUT2D eigenvalue weighted by Gasteiger charge is -2.25. The fourth-order valence-electron chi connectivity index (χ4n) is 6.97. The third kappa shape index (κ3) is 18.8. The Morgan fingerprint density at radius 1 is 0.792 bits per heavy atom. The maximum atomic E-state index is 12.4. The molecule has 48 heavy (non-hydrogen) atoms. The fraction of sp³-hybridized carbons (Fsp3) is 0.872. The Labute approximate surface area is 290 Å². The van der Waals surface area contributed by atoms with Gasteiger partial charge in [0.05, 0.1) is 30.5 Å². The summed E-state index contributed by atoms with van der Waals surface area (Å²) >= 11 is 0. The van der Waals surface area contributed by atoms with E-state index in [-0.39, 0.29) is 36.5 Å². The number of aliphatic hydroxyl groups excluding tert-OH is 3. The van der Waals surface area contributed by atoms with Crippen LogP contribution < -0.4 is 0 Å². The average molecular weight is 681 g/mol. The van der Waals surface area contributed by atoms with Crippen molar-refractivity contribution < 1.29 is 43.9 Å². The number of Topliss-reactive ketones (excluding diaryl/α,β-unsaturated/α-hetero) is 1. The Bertz CT molecular complexity index is 934. The largest absolute Gasteiger partial charge is 0.462 e. The van der Waals surface area contributed by atoms with E-state index in [1.165, 1.54) is 58.3 Å². The Hall–Kier alpha value is -1.81. The van der Waals surface area contributed by atoms with Crippen molar-refractivity contribution in [2.45, 2.75) is 218 Å². The maximum absolute atomic E-state index is 12.4. The van der Waals surface area contributed by atoms with E-state index in [1.54, 1.807) is 6.08 Å². The Balaban J connectivity index is 1.55. The first-order valence-corrected chi connectivity index (χ1v) is 19.4. The second-order valence-corrected chi connectivity index (χ2v) is 14.4. The molecule has 0 bridgehead atoms. The number of hydrogen-bond donors (Lipinski definition) is 3. The van der Waals surface area contributed by atoms with Crippen molar-refractivity contribution in [3.63, 3.8) is 0 Å². The minimum atomic E-state index is -0.784. The summed E-state index contributed by atoms with van der Waals surface area (Å²) in [6.07, 6.45) is 19.6. The van der Waals surface area contributed by atoms with Crippen LogP contribution in [0.2, 0.25) is 0 Å². The van der Waals surface area contributed by atoms with E-state index >= 15 is 0 Å². The number of esters is 2. The van der Waals surface area contributed by atoms with Gasteiger partial charge >= 0.3 is 11.9 Å². The standard InChI is InChI=1S/C39H68O9/c1-4-5-6-7-8-9-10-11-12-13-22-35(43)37-25-26-38(48-37)36(44)28-34(47-30(3)40)21-17-16-19-32(41)18-14-15-20-33(42)24-23-31-27-29(2)46-39(31)45/h27,29,33-38,42-44H,4-26,28H2,1-3H3/t29-,33+,34-,35+,36+,37+,38+/m0/s1. The molecule has 278 valence electrons. The third-order valence-electron chi connectivity index (χ3n) is 9.85. The highest BCUT2D eigenvalue weighted by molar-refractivity contribution is 5.90. The van der Waals surface area contributed by atoms with E-state index in [0.29, 0.717) is 69.8 Å². The molecule has 1 fully saturated rings. The van der Waals surface area contributed by atoms with E-state index in [1.807, 2.05) is 6.92 Å². The fourth-order valence-corrected chi connectivity index (χ4v) is 6.97. The van der Waals surface area contributed by atoms with Gasteiger partial charge in [-0.2, -0.15) is 0 Å². The van der Waals surface area contributed by atoms with Crippen molar-refractivity contribution in [3.05, 3.63) is 11.6 Å². The molecule has 2 heterocycles. The van der Waals surface area contributed by atoms with Crippen LogP contribution in [-0.2, 0) is 28.6 Å². The highest BCUT2D eigenvalue weighted by Gasteiger charge is 2.35. The molecular weight excluding hydrogens is 612 g/mol. The molecule has 9 heteroatoms. The van der Waals surface area contributed by atoms with Crippen LogP contribution in [0.1, 0.15) is 175 Å². The number of rotatable bonds is 29. The molecule has 2 aliphatic rings. The van der Waals surface area contributed by atoms with Crippen molar-refractivity contribution in [1.29, 1.82) is 0 Å². The normalized spacial score (nSPS) is 21.8. The molecule has 0 spiro atoms. The summed E-state index contributed by atoms with van der Waals surface area (Å²) in [5, 5.41) is 31.8. The zero-order valence-corrected chi connectivity index (χ0v) is 30.4. The van der Waals surface area contributed by atoms with Gasteiger partial charge in [0.25, 0.3) is 0 Å². The molecule has 0 amide bonds. The number of ketones is 1. The molecule has 0 saturated carbocycles. The van der Waals surface area contributed by atoms with E-state index in [2.05, 4.69) is 6.92 Å². The second kappa shape index (κ2) is 25.2. The van der Waals surface area contributed by atoms with Crippen molar-refractivity contribution in [3.8, 4) is 0 Å². The van der Waals surface area contributed by atoms with Crippen LogP contribution in [0.4, 0.5) is 0 Å². The molecular formula is C39H68O9. The van der Waals surface area contributed by atoms with Gasteiger partial charge < -0.3 is 29.5 Å². The molecule has 1 saturated heterocycles. The number of cyclic esters (lactones) is 1. The van der Waals surface area contributed by atoms with Gasteiger partial charge in [0, 0.05) is 31.8 Å². The molecule has 3 N–H and O–H groups in total. The highest BCUT2D eigenvalue weighted by atomic mass is 16.6. The van der Waals surface area contributed by atoms with Crippen molar-refractivity contribution >= 4 is 17.7 Å². The molecule has 0 radical (unpaired) electrons. The zero-order chi connectivity index (χ0) is 35.1. The van der Waals surface area contributed by atoms with Gasteiger partial charge in [-0.25, -0.2) is 4.79 Å². The van der Waals surface area contributed by atoms with Crippen LogP contribution in [0.15, 0.2) is 11.6 Å². The van der Waals surface area contributed by atoms with Gasteiger partial charge in [0.15, 0.2) is 0 Å². The predicted octanol–water partition coefficient (Wildman–Crippen LogP) is 7.59. The van der Waals surface area contributed by atoms with Gasteiger partial charge in [-0.05, 0) is 77.2 Å². The molecule has 0 unspecified atom stereocenters. The Kier molecular flexibility index (Phi) is 22.2. The van der Waals surface area contributed by atoms with Crippen LogP contribution in [0.5, 0.6) is 0 Å². The lowest BCUT2D eigenvalue weighted by molar-refractivity contribution is -0.150. The minimum Gasteiger partial charge on any atom is -0.462 e. The SMILES string of the molecule is CCCCCCCCCCCC[C@@H](O)[C@H]1CC[C@H]([C@H](O)C[C@H](CCCCC(=O)CCCC[C@@H](O)CCC2=C[C@H](C)OC2=O)OC(C)=O)O1. The summed E-state index contributed by atoms with van der Waals surface area (Å²) in [6.45, 7) is 5.42. The van der Waals surface area contributed by atoms with Crippen molar-refractivity contribution in [2.24, 2.45) is 0 Å². The number of carbonyl (C=O) groups excluding carboxylic acids is 3. The first-order chi connectivity index (χ1) is 23.1. The van der Waals surface area contributed by atoms with Crippen LogP contribution >= 0.6 is 0 Å². The molecule has 2 rings (SSSR count). The number of aliphatic hydroxyl groups is 3. The molecule has 7 atom stereocenters. The summed E-state index contributed by atoms with van der Waals surface area (Å²) in [4.78, 5) is 35.8. The van der Waals surface area contributed by atoms with Crippen molar-refractivity contribution in [2.75, 3.05) is 0 Å². The summed E-state index contributed by atoms with van der Waals surface area (Å²) in [7, 11) is 0. The molecule has 0 aromatic heterocycles. The van der Waals surface area contributed by atoms with Gasteiger partial charge in [-0.3, -0.25) is 9.59 Å². The Morgan fingerprint density at radius 2 is 1.35 bits per heavy atom. The number of hydrogen-bond acceptors (Lipinski definition) is 9. The van der Waals surface area contributed by atoms with E-state index in [9.17, 15) is 29.7 Å². The minimum absolute atomic E-state index is 0.183. The lowest BCUT2D eigenvalue weighted by Crippen LogP contribution is -2.34. The molecule has 0 aromatic carbocycles. The molecule has 0 aromatic rings. The van der Waals surface area contributed by atoms with Gasteiger partial charge in [0.1, 0.15) is 18.0 Å². The van der Waals surface area contributed by atoms with Crippen LogP contribution in [0.25, 0.3) is 0 Å². The number of unbranched alkanes of at least 4 members (excludes halogenated alkanes) is 11. The first-order valence-electron chi connectivity index (χ1n) is 19.4. The lowest BCUT2D eigenvalue weighted by atomic mass is 9.98. The smallest absolute Gasteiger partial charge is 0.334 e. The van der Waals surface area contributed by atoms with E-state index < -0.39 is 30.4 Å². The summed E-state index contributed by atoms with van der Waals surface area (Å²) in [5.74, 6) is -0.502. The van der Waals surface area contributed by atoms with E-state index in [4.69, 9.17) is 14.2 Å². The summed E-state index contributed by atoms with van der Waals surface area (Å²) < 4.78 is 16.7. The monoisotopic (exact) mass is 680 g/mol. The summed E-state index contributed by atoms with van der Waals surface area (Å²) in [6, 6.07) is 0. The second-order valence-electron chi connectivity index (χ2n) is 14.4.